The number of halogens is 2. The Hall–Kier alpha value is -0.690. The summed E-state index contributed by atoms with van der Waals surface area (Å²) in [5.74, 6) is -0.209. The minimum absolute atomic E-state index is 0.209. The third kappa shape index (κ3) is 2.88. The normalized spacial score (nSPS) is 10.3. The molecule has 1 N–H and O–H groups in total. The zero-order chi connectivity index (χ0) is 10.7. The standard InChI is InChI=1S/C10H8FIN2S/c11-7-1-2-9(8(12)5-7)14-6-10-13-3-4-15-10/h1-5,14H,6H2. The van der Waals surface area contributed by atoms with Crippen LogP contribution in [0.2, 0.25) is 0 Å². The summed E-state index contributed by atoms with van der Waals surface area (Å²) in [5.41, 5.74) is 0.937. The van der Waals surface area contributed by atoms with Crippen molar-refractivity contribution in [3.8, 4) is 0 Å². The van der Waals surface area contributed by atoms with Gasteiger partial charge in [0.2, 0.25) is 0 Å². The molecule has 0 bridgehead atoms. The van der Waals surface area contributed by atoms with Gasteiger partial charge in [0.05, 0.1) is 6.54 Å². The molecule has 0 radical (unpaired) electrons. The molecular formula is C10H8FIN2S. The van der Waals surface area contributed by atoms with Crippen LogP contribution in [0.5, 0.6) is 0 Å². The molecule has 2 nitrogen and oxygen atoms in total. The first kappa shape index (κ1) is 10.8. The zero-order valence-corrected chi connectivity index (χ0v) is 10.7. The minimum atomic E-state index is -0.209. The molecule has 1 aromatic carbocycles. The highest BCUT2D eigenvalue weighted by Crippen LogP contribution is 2.20. The van der Waals surface area contributed by atoms with Crippen LogP contribution in [-0.2, 0) is 6.54 Å². The molecule has 0 aliphatic carbocycles. The lowest BCUT2D eigenvalue weighted by Gasteiger charge is -2.06. The van der Waals surface area contributed by atoms with E-state index in [2.05, 4.69) is 32.9 Å². The highest BCUT2D eigenvalue weighted by molar-refractivity contribution is 14.1. The molecule has 0 spiro atoms. The fourth-order valence-electron chi connectivity index (χ4n) is 1.14. The van der Waals surface area contributed by atoms with Crippen LogP contribution < -0.4 is 5.32 Å². The Kier molecular flexibility index (Phi) is 3.53. The lowest BCUT2D eigenvalue weighted by molar-refractivity contribution is 0.627. The lowest BCUT2D eigenvalue weighted by atomic mass is 10.3. The van der Waals surface area contributed by atoms with E-state index >= 15 is 0 Å². The molecule has 2 rings (SSSR count). The van der Waals surface area contributed by atoms with Gasteiger partial charge in [0.15, 0.2) is 0 Å². The second-order valence-electron chi connectivity index (χ2n) is 2.90. The van der Waals surface area contributed by atoms with Gasteiger partial charge in [-0.1, -0.05) is 0 Å². The predicted octanol–water partition coefficient (Wildman–Crippen LogP) is 3.50. The summed E-state index contributed by atoms with van der Waals surface area (Å²) < 4.78 is 13.7. The summed E-state index contributed by atoms with van der Waals surface area (Å²) in [6.07, 6.45) is 1.78. The first-order valence-corrected chi connectivity index (χ1v) is 6.29. The third-order valence-electron chi connectivity index (χ3n) is 1.84. The smallest absolute Gasteiger partial charge is 0.124 e. The number of hydrogen-bond acceptors (Lipinski definition) is 3. The molecule has 15 heavy (non-hydrogen) atoms. The van der Waals surface area contributed by atoms with Crippen molar-refractivity contribution in [2.24, 2.45) is 0 Å². The molecule has 0 saturated carbocycles. The monoisotopic (exact) mass is 334 g/mol. The Balaban J connectivity index is 2.05. The molecule has 5 heteroatoms. The van der Waals surface area contributed by atoms with Gasteiger partial charge in [-0.2, -0.15) is 0 Å². The van der Waals surface area contributed by atoms with E-state index in [1.807, 2.05) is 5.38 Å². The summed E-state index contributed by atoms with van der Waals surface area (Å²) in [6.45, 7) is 0.680. The second-order valence-corrected chi connectivity index (χ2v) is 5.04. The van der Waals surface area contributed by atoms with E-state index in [-0.39, 0.29) is 5.82 Å². The highest BCUT2D eigenvalue weighted by atomic mass is 127. The van der Waals surface area contributed by atoms with Crippen molar-refractivity contribution in [2.45, 2.75) is 6.54 Å². The first-order chi connectivity index (χ1) is 7.25. The van der Waals surface area contributed by atoms with Crippen LogP contribution >= 0.6 is 33.9 Å². The minimum Gasteiger partial charge on any atom is -0.378 e. The molecule has 0 amide bonds. The predicted molar refractivity (Wildman–Crippen MR) is 68.6 cm³/mol. The van der Waals surface area contributed by atoms with E-state index in [4.69, 9.17) is 0 Å². The molecule has 0 unspecified atom stereocenters. The maximum atomic E-state index is 12.8. The van der Waals surface area contributed by atoms with Crippen LogP contribution in [0.15, 0.2) is 29.8 Å². The van der Waals surface area contributed by atoms with E-state index < -0.39 is 0 Å². The number of thiazole rings is 1. The van der Waals surface area contributed by atoms with Crippen molar-refractivity contribution >= 4 is 39.6 Å². The molecule has 1 heterocycles. The first-order valence-electron chi connectivity index (χ1n) is 4.33. The number of nitrogens with one attached hydrogen (secondary N) is 1. The topological polar surface area (TPSA) is 24.9 Å². The van der Waals surface area contributed by atoms with Crippen LogP contribution in [0.3, 0.4) is 0 Å². The Morgan fingerprint density at radius 1 is 1.47 bits per heavy atom. The molecule has 0 fully saturated rings. The average Bonchev–Trinajstić information content (AvgIpc) is 2.69. The molecule has 0 atom stereocenters. The van der Waals surface area contributed by atoms with Gasteiger partial charge in [-0.3, -0.25) is 0 Å². The van der Waals surface area contributed by atoms with Gasteiger partial charge in [-0.25, -0.2) is 9.37 Å². The Labute approximate surface area is 105 Å². The van der Waals surface area contributed by atoms with Gasteiger partial charge in [0, 0.05) is 20.8 Å². The largest absolute Gasteiger partial charge is 0.378 e. The van der Waals surface area contributed by atoms with E-state index in [0.717, 1.165) is 14.3 Å². The average molecular weight is 334 g/mol. The summed E-state index contributed by atoms with van der Waals surface area (Å²) in [5, 5.41) is 6.18. The Morgan fingerprint density at radius 3 is 3.00 bits per heavy atom. The highest BCUT2D eigenvalue weighted by Gasteiger charge is 2.01. The number of benzene rings is 1. The summed E-state index contributed by atoms with van der Waals surface area (Å²) in [6, 6.07) is 4.70. The Bertz CT molecular complexity index is 445. The fourth-order valence-corrected chi connectivity index (χ4v) is 2.37. The molecule has 2 aromatic rings. The van der Waals surface area contributed by atoms with Gasteiger partial charge in [0.25, 0.3) is 0 Å². The van der Waals surface area contributed by atoms with Gasteiger partial charge < -0.3 is 5.32 Å². The van der Waals surface area contributed by atoms with E-state index in [9.17, 15) is 4.39 Å². The van der Waals surface area contributed by atoms with Crippen LogP contribution in [0.25, 0.3) is 0 Å². The van der Waals surface area contributed by atoms with Gasteiger partial charge >= 0.3 is 0 Å². The maximum Gasteiger partial charge on any atom is 0.124 e. The SMILES string of the molecule is Fc1ccc(NCc2nccs2)c(I)c1. The van der Waals surface area contributed by atoms with Gasteiger partial charge in [-0.05, 0) is 40.8 Å². The van der Waals surface area contributed by atoms with Crippen LogP contribution in [-0.4, -0.2) is 4.98 Å². The molecule has 0 aliphatic rings. The Morgan fingerprint density at radius 2 is 2.33 bits per heavy atom. The number of rotatable bonds is 3. The van der Waals surface area contributed by atoms with Crippen molar-refractivity contribution in [1.29, 1.82) is 0 Å². The molecular weight excluding hydrogens is 326 g/mol. The van der Waals surface area contributed by atoms with Gasteiger partial charge in [0.1, 0.15) is 10.8 Å². The number of hydrogen-bond donors (Lipinski definition) is 1. The van der Waals surface area contributed by atoms with Crippen molar-refractivity contribution < 1.29 is 4.39 Å². The fraction of sp³-hybridized carbons (Fsp3) is 0.100. The van der Waals surface area contributed by atoms with E-state index in [0.29, 0.717) is 6.54 Å². The second kappa shape index (κ2) is 4.89. The summed E-state index contributed by atoms with van der Waals surface area (Å²) in [4.78, 5) is 4.16. The molecule has 78 valence electrons. The quantitative estimate of drug-likeness (QED) is 0.869. The number of aromatic nitrogens is 1. The van der Waals surface area contributed by atoms with Crippen LogP contribution in [0, 0.1) is 9.39 Å². The summed E-state index contributed by atoms with van der Waals surface area (Å²) >= 11 is 3.71. The number of nitrogens with zero attached hydrogens (tertiary/aromatic N) is 1. The maximum absolute atomic E-state index is 12.8. The van der Waals surface area contributed by atoms with Crippen LogP contribution in [0.4, 0.5) is 10.1 Å². The van der Waals surface area contributed by atoms with Crippen molar-refractivity contribution in [1.82, 2.24) is 4.98 Å². The third-order valence-corrected chi connectivity index (χ3v) is 3.52. The van der Waals surface area contributed by atoms with Crippen LogP contribution in [0.1, 0.15) is 5.01 Å². The molecule has 1 aromatic heterocycles. The molecule has 0 saturated heterocycles. The van der Waals surface area contributed by atoms with E-state index in [1.165, 1.54) is 12.1 Å². The number of anilines is 1. The van der Waals surface area contributed by atoms with Crippen molar-refractivity contribution in [2.75, 3.05) is 5.32 Å². The van der Waals surface area contributed by atoms with Gasteiger partial charge in [-0.15, -0.1) is 11.3 Å². The van der Waals surface area contributed by atoms with E-state index in [1.54, 1.807) is 23.6 Å². The van der Waals surface area contributed by atoms with Crippen molar-refractivity contribution in [3.05, 3.63) is 44.2 Å². The lowest BCUT2D eigenvalue weighted by Crippen LogP contribution is -2.00. The summed E-state index contributed by atoms with van der Waals surface area (Å²) in [7, 11) is 0. The zero-order valence-electron chi connectivity index (χ0n) is 7.71. The van der Waals surface area contributed by atoms with Crippen molar-refractivity contribution in [3.63, 3.8) is 0 Å². The molecule has 0 aliphatic heterocycles.